The molecule has 0 heterocycles. The maximum atomic E-state index is 9.00. The van der Waals surface area contributed by atoms with E-state index in [9.17, 15) is 0 Å². The molecule has 124 valence electrons. The Morgan fingerprint density at radius 3 is 0.591 bits per heavy atom. The van der Waals surface area contributed by atoms with Crippen molar-refractivity contribution in [2.45, 2.75) is 34.6 Å². The van der Waals surface area contributed by atoms with Gasteiger partial charge < -0.3 is 30.3 Å². The molecule has 0 aliphatic rings. The van der Waals surface area contributed by atoms with Gasteiger partial charge in [0.15, 0.2) is 0 Å². The van der Waals surface area contributed by atoms with E-state index in [1.807, 2.05) is 0 Å². The fourth-order valence-corrected chi connectivity index (χ4v) is 0. The number of aliphatic carboxylic acids is 5. The molecule has 0 aliphatic heterocycles. The van der Waals surface area contributed by atoms with E-state index < -0.39 is 29.8 Å². The second-order valence-electron chi connectivity index (χ2n) is 2.57. The Morgan fingerprint density at radius 1 is 0.591 bits per heavy atom. The maximum Gasteiger partial charge on any atom is 1.00 e. The molecule has 12 heteroatoms. The van der Waals surface area contributed by atoms with Crippen molar-refractivity contribution in [3.8, 4) is 0 Å². The monoisotopic (exact) mass is 354 g/mol. The number of carbonyl (C=O) groups is 5. The molecule has 0 saturated heterocycles. The largest absolute Gasteiger partial charge is 1.00 e. The second kappa shape index (κ2) is 36.7. The number of hydrogen-bond acceptors (Lipinski definition) is 6. The van der Waals surface area contributed by atoms with E-state index in [0.717, 1.165) is 34.6 Å². The first-order valence-electron chi connectivity index (χ1n) is 4.62. The van der Waals surface area contributed by atoms with Crippen LogP contribution in [0, 0.1) is 0 Å². The van der Waals surface area contributed by atoms with Crippen molar-refractivity contribution in [3.63, 3.8) is 0 Å². The topological polar surface area (TPSA) is 189 Å². The second-order valence-corrected chi connectivity index (χ2v) is 2.57. The third-order valence-electron chi connectivity index (χ3n) is 0. The summed E-state index contributed by atoms with van der Waals surface area (Å²) in [5.74, 6) is -4.42. The smallest absolute Gasteiger partial charge is 0.550 e. The van der Waals surface area contributed by atoms with Gasteiger partial charge in [0.1, 0.15) is 0 Å². The van der Waals surface area contributed by atoms with Crippen LogP contribution in [0.4, 0.5) is 0 Å². The third kappa shape index (κ3) is 3250. The molecule has 0 spiro atoms. The van der Waals surface area contributed by atoms with Gasteiger partial charge in [0.25, 0.3) is 23.9 Å². The molecule has 0 aliphatic carbocycles. The van der Waals surface area contributed by atoms with Crippen LogP contribution in [0.3, 0.4) is 0 Å². The van der Waals surface area contributed by atoms with Gasteiger partial charge in [0.2, 0.25) is 0 Å². The minimum atomic E-state index is -1.08. The average molecular weight is 354 g/mol. The van der Waals surface area contributed by atoms with E-state index in [2.05, 4.69) is 0 Å². The van der Waals surface area contributed by atoms with Crippen LogP contribution >= 0.6 is 0 Å². The van der Waals surface area contributed by atoms with Gasteiger partial charge in [-0.3, -0.25) is 19.2 Å². The number of carboxylic acid groups (broad SMARTS) is 5. The minimum absolute atomic E-state index is 0. The van der Waals surface area contributed by atoms with Crippen LogP contribution < -0.4 is 24.0 Å². The van der Waals surface area contributed by atoms with E-state index in [0.29, 0.717) is 0 Å². The van der Waals surface area contributed by atoms with Gasteiger partial charge in [-0.2, -0.15) is 0 Å². The SMILES string of the molecule is CC(=O)O.CC(=O)O.CC(=O)O.CC(=O)O.CC(=O)[O-].[Li+].[Ti]. The van der Waals surface area contributed by atoms with Crippen LogP contribution in [-0.4, -0.2) is 50.3 Å². The van der Waals surface area contributed by atoms with E-state index in [1.165, 1.54) is 0 Å². The fraction of sp³-hybridized carbons (Fsp3) is 0.500. The Balaban J connectivity index is -0.0000000250. The maximum absolute atomic E-state index is 9.00. The van der Waals surface area contributed by atoms with Crippen molar-refractivity contribution in [1.29, 1.82) is 0 Å². The summed E-state index contributed by atoms with van der Waals surface area (Å²) in [7, 11) is 0. The summed E-state index contributed by atoms with van der Waals surface area (Å²) < 4.78 is 0. The average Bonchev–Trinajstić information content (AvgIpc) is 1.94. The molecule has 0 radical (unpaired) electrons. The number of carboxylic acids is 5. The first-order chi connectivity index (χ1) is 8.66. The van der Waals surface area contributed by atoms with E-state index >= 15 is 0 Å². The first kappa shape index (κ1) is 42.8. The Bertz CT molecular complexity index is 216. The predicted octanol–water partition coefficient (Wildman–Crippen LogP) is -3.88. The first-order valence-corrected chi connectivity index (χ1v) is 4.62. The molecule has 0 aromatic carbocycles. The third-order valence-corrected chi connectivity index (χ3v) is 0. The van der Waals surface area contributed by atoms with Crippen LogP contribution in [0.1, 0.15) is 34.6 Å². The quantitative estimate of drug-likeness (QED) is 0.313. The number of rotatable bonds is 0. The summed E-state index contributed by atoms with van der Waals surface area (Å²) in [4.78, 5) is 44.9. The molecular formula is C10H19LiO10Ti. The van der Waals surface area contributed by atoms with Gasteiger partial charge >= 0.3 is 18.9 Å². The molecule has 0 aromatic rings. The molecule has 0 bridgehead atoms. The van der Waals surface area contributed by atoms with Crippen molar-refractivity contribution in [2.75, 3.05) is 0 Å². The van der Waals surface area contributed by atoms with E-state index in [-0.39, 0.29) is 40.6 Å². The zero-order valence-corrected chi connectivity index (χ0v) is 14.8. The molecule has 0 aromatic heterocycles. The molecule has 0 rings (SSSR count). The van der Waals surface area contributed by atoms with Crippen LogP contribution in [0.25, 0.3) is 0 Å². The number of carbonyl (C=O) groups excluding carboxylic acids is 1. The standard InChI is InChI=1S/5C2H4O2.Li.Ti/c5*1-2(3)4;;/h5*1H3,(H,3,4);;/q;;;;;+1;/p-1. The molecule has 0 atom stereocenters. The summed E-state index contributed by atoms with van der Waals surface area (Å²) in [6, 6.07) is 0. The van der Waals surface area contributed by atoms with Gasteiger partial charge in [0.05, 0.1) is 0 Å². The summed E-state index contributed by atoms with van der Waals surface area (Å²) >= 11 is 0. The van der Waals surface area contributed by atoms with Gasteiger partial charge in [0, 0.05) is 55.4 Å². The molecule has 4 N–H and O–H groups in total. The predicted molar refractivity (Wildman–Crippen MR) is 63.9 cm³/mol. The van der Waals surface area contributed by atoms with Gasteiger partial charge in [-0.05, 0) is 6.92 Å². The van der Waals surface area contributed by atoms with Crippen LogP contribution in [0.5, 0.6) is 0 Å². The molecule has 10 nitrogen and oxygen atoms in total. The molecule has 0 unspecified atom stereocenters. The molecule has 0 saturated carbocycles. The summed E-state index contributed by atoms with van der Waals surface area (Å²) in [5.41, 5.74) is 0. The van der Waals surface area contributed by atoms with E-state index in [4.69, 9.17) is 49.5 Å². The van der Waals surface area contributed by atoms with Crippen molar-refractivity contribution in [2.24, 2.45) is 0 Å². The Hall–Kier alpha value is -1.34. The Kier molecular flexibility index (Phi) is 71.4. The van der Waals surface area contributed by atoms with E-state index in [1.54, 1.807) is 0 Å². The van der Waals surface area contributed by atoms with Crippen molar-refractivity contribution >= 4 is 29.8 Å². The minimum Gasteiger partial charge on any atom is -0.550 e. The molecule has 22 heavy (non-hydrogen) atoms. The zero-order chi connectivity index (χ0) is 17.9. The Morgan fingerprint density at radius 2 is 0.591 bits per heavy atom. The fourth-order valence-electron chi connectivity index (χ4n) is 0. The summed E-state index contributed by atoms with van der Waals surface area (Å²) in [6.07, 6.45) is 0. The summed E-state index contributed by atoms with van der Waals surface area (Å²) in [5, 5.41) is 38.6. The molecule has 0 fully saturated rings. The van der Waals surface area contributed by atoms with Gasteiger partial charge in [-0.25, -0.2) is 0 Å². The summed E-state index contributed by atoms with van der Waals surface area (Å²) in [6.45, 7) is 5.31. The normalized spacial score (nSPS) is 5.68. The Labute approximate surface area is 154 Å². The van der Waals surface area contributed by atoms with Crippen LogP contribution in [-0.2, 0) is 45.7 Å². The van der Waals surface area contributed by atoms with Crippen LogP contribution in [0.15, 0.2) is 0 Å². The van der Waals surface area contributed by atoms with Gasteiger partial charge in [-0.15, -0.1) is 0 Å². The van der Waals surface area contributed by atoms with Crippen LogP contribution in [0.2, 0.25) is 0 Å². The zero-order valence-electron chi connectivity index (χ0n) is 13.2. The van der Waals surface area contributed by atoms with Crippen molar-refractivity contribution in [3.05, 3.63) is 0 Å². The van der Waals surface area contributed by atoms with Crippen molar-refractivity contribution in [1.82, 2.24) is 0 Å². The molecular weight excluding hydrogens is 335 g/mol. The van der Waals surface area contributed by atoms with Crippen molar-refractivity contribution < 1.29 is 90.1 Å². The molecule has 0 amide bonds. The van der Waals surface area contributed by atoms with Gasteiger partial charge in [-0.1, -0.05) is 0 Å². The number of hydrogen-bond donors (Lipinski definition) is 4.